The predicted octanol–water partition coefficient (Wildman–Crippen LogP) is 2.59. The van der Waals surface area contributed by atoms with Crippen LogP contribution in [0.15, 0.2) is 48.0 Å². The van der Waals surface area contributed by atoms with Crippen LogP contribution in [0.4, 0.5) is 0 Å². The van der Waals surface area contributed by atoms with Crippen LogP contribution < -0.4 is 0 Å². The number of benzene rings is 2. The second-order valence-corrected chi connectivity index (χ2v) is 4.30. The van der Waals surface area contributed by atoms with Gasteiger partial charge in [0.15, 0.2) is 11.5 Å². The van der Waals surface area contributed by atoms with Crippen molar-refractivity contribution < 1.29 is 20.1 Å². The molecule has 0 heterocycles. The number of nitrogens with zero attached hydrogens (tertiary/aromatic N) is 1. The molecule has 0 radical (unpaired) electrons. The second kappa shape index (κ2) is 5.80. The summed E-state index contributed by atoms with van der Waals surface area (Å²) in [5.41, 5.74) is 0.437. The van der Waals surface area contributed by atoms with Crippen LogP contribution in [0.25, 0.3) is 6.08 Å². The van der Waals surface area contributed by atoms with Gasteiger partial charge in [0.25, 0.3) is 0 Å². The Balaban J connectivity index is 2.39. The van der Waals surface area contributed by atoms with Gasteiger partial charge in [0, 0.05) is 5.56 Å². The van der Waals surface area contributed by atoms with Crippen molar-refractivity contribution in [3.63, 3.8) is 0 Å². The van der Waals surface area contributed by atoms with E-state index in [0.29, 0.717) is 5.56 Å². The first kappa shape index (κ1) is 14.2. The van der Waals surface area contributed by atoms with Gasteiger partial charge in [0.2, 0.25) is 5.78 Å². The molecule has 0 saturated carbocycles. The van der Waals surface area contributed by atoms with Gasteiger partial charge in [-0.05, 0) is 42.0 Å². The summed E-state index contributed by atoms with van der Waals surface area (Å²) in [4.78, 5) is 12.2. The van der Waals surface area contributed by atoms with E-state index in [1.165, 1.54) is 30.3 Å². The molecule has 0 aliphatic carbocycles. The van der Waals surface area contributed by atoms with Gasteiger partial charge >= 0.3 is 0 Å². The SMILES string of the molecule is N#C/C(=C/c1cccc(O)c1)C(=O)c1ccc(O)c(O)c1. The number of hydrogen-bond donors (Lipinski definition) is 3. The fourth-order valence-corrected chi connectivity index (χ4v) is 1.75. The van der Waals surface area contributed by atoms with Gasteiger partial charge < -0.3 is 15.3 Å². The van der Waals surface area contributed by atoms with Crippen molar-refractivity contribution in [3.05, 3.63) is 59.2 Å². The van der Waals surface area contributed by atoms with Gasteiger partial charge in [-0.25, -0.2) is 0 Å². The van der Waals surface area contributed by atoms with Gasteiger partial charge in [0.05, 0.1) is 0 Å². The topological polar surface area (TPSA) is 102 Å². The van der Waals surface area contributed by atoms with Gasteiger partial charge in [-0.2, -0.15) is 5.26 Å². The Kier molecular flexibility index (Phi) is 3.91. The van der Waals surface area contributed by atoms with Crippen molar-refractivity contribution in [1.29, 1.82) is 5.26 Å². The first-order valence-electron chi connectivity index (χ1n) is 5.99. The summed E-state index contributed by atoms with van der Waals surface area (Å²) in [5.74, 6) is -1.34. The number of Topliss-reactive ketones (excluding diaryl/α,β-unsaturated/α-hetero) is 1. The van der Waals surface area contributed by atoms with Crippen molar-refractivity contribution in [2.24, 2.45) is 0 Å². The van der Waals surface area contributed by atoms with Crippen molar-refractivity contribution >= 4 is 11.9 Å². The number of phenols is 3. The van der Waals surface area contributed by atoms with E-state index >= 15 is 0 Å². The van der Waals surface area contributed by atoms with Crippen LogP contribution in [0.5, 0.6) is 17.2 Å². The van der Waals surface area contributed by atoms with Crippen LogP contribution in [-0.4, -0.2) is 21.1 Å². The number of nitriles is 1. The van der Waals surface area contributed by atoms with Crippen molar-refractivity contribution in [3.8, 4) is 23.3 Å². The minimum atomic E-state index is -0.587. The fourth-order valence-electron chi connectivity index (χ4n) is 1.75. The lowest BCUT2D eigenvalue weighted by Crippen LogP contribution is -2.01. The summed E-state index contributed by atoms with van der Waals surface area (Å²) in [5, 5.41) is 37.1. The zero-order valence-corrected chi connectivity index (χ0v) is 10.8. The highest BCUT2D eigenvalue weighted by molar-refractivity contribution is 6.14. The molecular formula is C16H11NO4. The Labute approximate surface area is 120 Å². The number of rotatable bonds is 3. The standard InChI is InChI=1S/C16H11NO4/c17-9-12(6-10-2-1-3-13(18)7-10)16(21)11-4-5-14(19)15(20)8-11/h1-8,18-20H/b12-6-. The third-order valence-electron chi connectivity index (χ3n) is 2.78. The lowest BCUT2D eigenvalue weighted by atomic mass is 10.0. The number of hydrogen-bond acceptors (Lipinski definition) is 5. The normalized spacial score (nSPS) is 10.9. The average Bonchev–Trinajstić information content (AvgIpc) is 2.47. The molecule has 0 bridgehead atoms. The molecular weight excluding hydrogens is 270 g/mol. The number of ketones is 1. The molecule has 3 N–H and O–H groups in total. The predicted molar refractivity (Wildman–Crippen MR) is 75.8 cm³/mol. The van der Waals surface area contributed by atoms with E-state index in [0.717, 1.165) is 6.07 Å². The van der Waals surface area contributed by atoms with E-state index in [9.17, 15) is 20.1 Å². The zero-order chi connectivity index (χ0) is 15.4. The van der Waals surface area contributed by atoms with Crippen LogP contribution >= 0.6 is 0 Å². The Bertz CT molecular complexity index is 772. The number of aromatic hydroxyl groups is 3. The van der Waals surface area contributed by atoms with Crippen LogP contribution in [0.1, 0.15) is 15.9 Å². The molecule has 0 atom stereocenters. The Morgan fingerprint density at radius 1 is 1.05 bits per heavy atom. The van der Waals surface area contributed by atoms with Crippen molar-refractivity contribution in [1.82, 2.24) is 0 Å². The molecule has 0 spiro atoms. The number of allylic oxidation sites excluding steroid dienone is 1. The van der Waals surface area contributed by atoms with Crippen LogP contribution in [-0.2, 0) is 0 Å². The molecule has 0 fully saturated rings. The number of carbonyl (C=O) groups excluding carboxylic acids is 1. The minimum absolute atomic E-state index is 0.0239. The van der Waals surface area contributed by atoms with Crippen molar-refractivity contribution in [2.75, 3.05) is 0 Å². The van der Waals surface area contributed by atoms with E-state index < -0.39 is 11.5 Å². The van der Waals surface area contributed by atoms with E-state index in [1.54, 1.807) is 18.2 Å². The molecule has 2 aromatic carbocycles. The fraction of sp³-hybridized carbons (Fsp3) is 0. The summed E-state index contributed by atoms with van der Waals surface area (Å²) >= 11 is 0. The van der Waals surface area contributed by atoms with Crippen LogP contribution in [0.3, 0.4) is 0 Å². The van der Waals surface area contributed by atoms with Crippen LogP contribution in [0.2, 0.25) is 0 Å². The molecule has 0 unspecified atom stereocenters. The molecule has 0 aliphatic rings. The third kappa shape index (κ3) is 3.19. The highest BCUT2D eigenvalue weighted by atomic mass is 16.3. The minimum Gasteiger partial charge on any atom is -0.508 e. The smallest absolute Gasteiger partial charge is 0.203 e. The largest absolute Gasteiger partial charge is 0.508 e. The number of carbonyl (C=O) groups is 1. The molecule has 0 aromatic heterocycles. The van der Waals surface area contributed by atoms with E-state index in [1.807, 2.05) is 0 Å². The van der Waals surface area contributed by atoms with Gasteiger partial charge in [-0.3, -0.25) is 4.79 Å². The zero-order valence-electron chi connectivity index (χ0n) is 10.8. The van der Waals surface area contributed by atoms with E-state index in [4.69, 9.17) is 5.26 Å². The summed E-state index contributed by atoms with van der Waals surface area (Å²) in [6.07, 6.45) is 1.34. The third-order valence-corrected chi connectivity index (χ3v) is 2.78. The van der Waals surface area contributed by atoms with Crippen LogP contribution in [0, 0.1) is 11.3 Å². The maximum Gasteiger partial charge on any atom is 0.203 e. The molecule has 0 amide bonds. The summed E-state index contributed by atoms with van der Waals surface area (Å²) in [6, 6.07) is 11.5. The van der Waals surface area contributed by atoms with E-state index in [2.05, 4.69) is 0 Å². The highest BCUT2D eigenvalue weighted by Gasteiger charge is 2.14. The Hall–Kier alpha value is -3.26. The van der Waals surface area contributed by atoms with Gasteiger partial charge in [-0.15, -0.1) is 0 Å². The molecule has 104 valence electrons. The molecule has 21 heavy (non-hydrogen) atoms. The maximum atomic E-state index is 12.2. The average molecular weight is 281 g/mol. The second-order valence-electron chi connectivity index (χ2n) is 4.30. The quantitative estimate of drug-likeness (QED) is 0.347. The van der Waals surface area contributed by atoms with E-state index in [-0.39, 0.29) is 22.6 Å². The lowest BCUT2D eigenvalue weighted by Gasteiger charge is -2.02. The maximum absolute atomic E-state index is 12.2. The van der Waals surface area contributed by atoms with Gasteiger partial charge in [0.1, 0.15) is 17.4 Å². The molecule has 0 aliphatic heterocycles. The molecule has 2 rings (SSSR count). The van der Waals surface area contributed by atoms with Crippen molar-refractivity contribution in [2.45, 2.75) is 0 Å². The molecule has 0 saturated heterocycles. The Morgan fingerprint density at radius 2 is 1.81 bits per heavy atom. The highest BCUT2D eigenvalue weighted by Crippen LogP contribution is 2.26. The summed E-state index contributed by atoms with van der Waals surface area (Å²) in [7, 11) is 0. The molecule has 2 aromatic rings. The summed E-state index contributed by atoms with van der Waals surface area (Å²) < 4.78 is 0. The Morgan fingerprint density at radius 3 is 2.43 bits per heavy atom. The first-order chi connectivity index (χ1) is 10.0. The molecule has 5 nitrogen and oxygen atoms in total. The lowest BCUT2D eigenvalue weighted by molar-refractivity contribution is 0.103. The number of phenolic OH excluding ortho intramolecular Hbond substituents is 3. The monoisotopic (exact) mass is 281 g/mol. The summed E-state index contributed by atoms with van der Waals surface area (Å²) in [6.45, 7) is 0. The first-order valence-corrected chi connectivity index (χ1v) is 5.99. The van der Waals surface area contributed by atoms with Gasteiger partial charge in [-0.1, -0.05) is 12.1 Å². The molecule has 5 heteroatoms.